The molecule has 1 aliphatic rings. The molecule has 0 aromatic heterocycles. The number of nitrogens with two attached hydrogens (primary N) is 1. The van der Waals surface area contributed by atoms with Crippen molar-refractivity contribution < 1.29 is 9.47 Å². The summed E-state index contributed by atoms with van der Waals surface area (Å²) >= 11 is 1.94. The predicted octanol–water partition coefficient (Wildman–Crippen LogP) is 2.00. The Bertz CT molecular complexity index is 213. The molecule has 1 rings (SSSR count). The van der Waals surface area contributed by atoms with Crippen molar-refractivity contribution in [3.63, 3.8) is 0 Å². The standard InChI is InChI=1S/C11H23NO2S/c1-9(2,3)15-10(8-12)6-11(7-10,13-4)14-5/h6-8,12H2,1-5H3. The van der Waals surface area contributed by atoms with Crippen molar-refractivity contribution in [3.05, 3.63) is 0 Å². The molecule has 0 aromatic rings. The van der Waals surface area contributed by atoms with Crippen LogP contribution in [0.5, 0.6) is 0 Å². The summed E-state index contributed by atoms with van der Waals surface area (Å²) < 4.78 is 11.2. The maximum Gasteiger partial charge on any atom is 0.170 e. The summed E-state index contributed by atoms with van der Waals surface area (Å²) in [4.78, 5) is 0. The summed E-state index contributed by atoms with van der Waals surface area (Å²) in [6.45, 7) is 7.33. The molecule has 0 bridgehead atoms. The fraction of sp³-hybridized carbons (Fsp3) is 1.00. The molecule has 1 aliphatic carbocycles. The minimum atomic E-state index is -0.391. The molecule has 0 radical (unpaired) electrons. The van der Waals surface area contributed by atoms with E-state index in [0.717, 1.165) is 12.8 Å². The zero-order valence-corrected chi connectivity index (χ0v) is 11.2. The van der Waals surface area contributed by atoms with Gasteiger partial charge in [0.05, 0.1) is 0 Å². The van der Waals surface area contributed by atoms with Gasteiger partial charge in [-0.1, -0.05) is 20.8 Å². The van der Waals surface area contributed by atoms with E-state index in [1.807, 2.05) is 11.8 Å². The minimum absolute atomic E-state index is 0.129. The summed E-state index contributed by atoms with van der Waals surface area (Å²) in [5, 5.41) is 0. The highest BCUT2D eigenvalue weighted by molar-refractivity contribution is 8.02. The molecule has 0 atom stereocenters. The predicted molar refractivity (Wildman–Crippen MR) is 65.1 cm³/mol. The lowest BCUT2D eigenvalue weighted by atomic mass is 9.77. The smallest absolute Gasteiger partial charge is 0.170 e. The quantitative estimate of drug-likeness (QED) is 0.754. The van der Waals surface area contributed by atoms with E-state index in [1.165, 1.54) is 0 Å². The molecule has 0 saturated heterocycles. The minimum Gasteiger partial charge on any atom is -0.353 e. The topological polar surface area (TPSA) is 44.5 Å². The van der Waals surface area contributed by atoms with Crippen LogP contribution < -0.4 is 5.73 Å². The molecule has 1 saturated carbocycles. The number of hydrogen-bond donors (Lipinski definition) is 1. The molecular formula is C11H23NO2S. The van der Waals surface area contributed by atoms with E-state index >= 15 is 0 Å². The van der Waals surface area contributed by atoms with E-state index in [0.29, 0.717) is 6.54 Å². The van der Waals surface area contributed by atoms with E-state index in [4.69, 9.17) is 15.2 Å². The van der Waals surface area contributed by atoms with Gasteiger partial charge in [0.15, 0.2) is 5.79 Å². The summed E-state index contributed by atoms with van der Waals surface area (Å²) in [6, 6.07) is 0. The van der Waals surface area contributed by atoms with Crippen LogP contribution in [0.1, 0.15) is 33.6 Å². The molecule has 90 valence electrons. The first kappa shape index (κ1) is 13.3. The summed E-state index contributed by atoms with van der Waals surface area (Å²) in [5.41, 5.74) is 5.87. The molecule has 3 nitrogen and oxygen atoms in total. The highest BCUT2D eigenvalue weighted by atomic mass is 32.2. The normalized spacial score (nSPS) is 23.6. The zero-order valence-electron chi connectivity index (χ0n) is 10.4. The van der Waals surface area contributed by atoms with Gasteiger partial charge in [-0.2, -0.15) is 0 Å². The molecule has 2 N–H and O–H groups in total. The molecule has 15 heavy (non-hydrogen) atoms. The molecule has 0 unspecified atom stereocenters. The van der Waals surface area contributed by atoms with Crippen molar-refractivity contribution >= 4 is 11.8 Å². The molecule has 1 fully saturated rings. The maximum atomic E-state index is 5.87. The van der Waals surface area contributed by atoms with Crippen molar-refractivity contribution in [1.82, 2.24) is 0 Å². The lowest BCUT2D eigenvalue weighted by molar-refractivity contribution is -0.260. The van der Waals surface area contributed by atoms with Crippen molar-refractivity contribution in [1.29, 1.82) is 0 Å². The molecule has 0 amide bonds. The molecule has 0 spiro atoms. The van der Waals surface area contributed by atoms with Crippen molar-refractivity contribution in [2.24, 2.45) is 5.73 Å². The number of hydrogen-bond acceptors (Lipinski definition) is 4. The molecule has 0 aromatic carbocycles. The average Bonchev–Trinajstić information content (AvgIpc) is 2.09. The van der Waals surface area contributed by atoms with Gasteiger partial charge in [-0.3, -0.25) is 0 Å². The van der Waals surface area contributed by atoms with Crippen LogP contribution in [0.3, 0.4) is 0 Å². The third-order valence-corrected chi connectivity index (χ3v) is 4.32. The maximum absolute atomic E-state index is 5.87. The van der Waals surface area contributed by atoms with Gasteiger partial charge >= 0.3 is 0 Å². The average molecular weight is 233 g/mol. The van der Waals surface area contributed by atoms with Crippen molar-refractivity contribution in [2.75, 3.05) is 20.8 Å². The van der Waals surface area contributed by atoms with Crippen LogP contribution in [-0.4, -0.2) is 36.0 Å². The Morgan fingerprint density at radius 3 is 1.93 bits per heavy atom. The van der Waals surface area contributed by atoms with Crippen molar-refractivity contribution in [2.45, 2.75) is 48.9 Å². The molecule has 0 aliphatic heterocycles. The first-order valence-corrected chi connectivity index (χ1v) is 6.13. The van der Waals surface area contributed by atoms with Crippen LogP contribution in [0.2, 0.25) is 0 Å². The fourth-order valence-electron chi connectivity index (χ4n) is 2.21. The van der Waals surface area contributed by atoms with Crippen LogP contribution in [0.4, 0.5) is 0 Å². The summed E-state index contributed by atoms with van der Waals surface area (Å²) in [6.07, 6.45) is 1.76. The second kappa shape index (κ2) is 4.24. The highest BCUT2D eigenvalue weighted by Crippen LogP contribution is 2.55. The zero-order chi connectivity index (χ0) is 11.7. The van der Waals surface area contributed by atoms with Crippen molar-refractivity contribution in [3.8, 4) is 0 Å². The Kier molecular flexibility index (Phi) is 3.76. The van der Waals surface area contributed by atoms with E-state index in [1.54, 1.807) is 14.2 Å². The monoisotopic (exact) mass is 233 g/mol. The lowest BCUT2D eigenvalue weighted by Gasteiger charge is -2.55. The number of thioether (sulfide) groups is 1. The van der Waals surface area contributed by atoms with Gasteiger partial charge in [-0.05, 0) is 0 Å². The van der Waals surface area contributed by atoms with Gasteiger partial charge < -0.3 is 15.2 Å². The van der Waals surface area contributed by atoms with Crippen LogP contribution in [0.15, 0.2) is 0 Å². The summed E-state index contributed by atoms with van der Waals surface area (Å²) in [5.74, 6) is -0.391. The largest absolute Gasteiger partial charge is 0.353 e. The molecule has 4 heteroatoms. The van der Waals surface area contributed by atoms with Gasteiger partial charge in [0.2, 0.25) is 0 Å². The molecule has 0 heterocycles. The number of methoxy groups -OCH3 is 2. The fourth-order valence-corrected chi connectivity index (χ4v) is 4.18. The Morgan fingerprint density at radius 2 is 1.67 bits per heavy atom. The first-order chi connectivity index (χ1) is 6.80. The highest BCUT2D eigenvalue weighted by Gasteiger charge is 2.56. The Balaban J connectivity index is 2.62. The second-order valence-corrected chi connectivity index (χ2v) is 7.57. The number of rotatable bonds is 4. The van der Waals surface area contributed by atoms with Gasteiger partial charge in [0.25, 0.3) is 0 Å². The number of ether oxygens (including phenoxy) is 2. The SMILES string of the molecule is COC1(OC)CC(CN)(SC(C)(C)C)C1. The van der Waals surface area contributed by atoms with E-state index in [-0.39, 0.29) is 9.49 Å². The van der Waals surface area contributed by atoms with E-state index in [2.05, 4.69) is 20.8 Å². The van der Waals surface area contributed by atoms with Gasteiger partial charge in [0, 0.05) is 43.1 Å². The van der Waals surface area contributed by atoms with Gasteiger partial charge in [0.1, 0.15) is 0 Å². The third kappa shape index (κ3) is 2.87. The Hall–Kier alpha value is 0.230. The third-order valence-electron chi connectivity index (χ3n) is 2.82. The molecular weight excluding hydrogens is 210 g/mol. The van der Waals surface area contributed by atoms with Crippen LogP contribution in [0, 0.1) is 0 Å². The first-order valence-electron chi connectivity index (χ1n) is 5.31. The Morgan fingerprint density at radius 1 is 1.20 bits per heavy atom. The summed E-state index contributed by atoms with van der Waals surface area (Å²) in [7, 11) is 3.40. The van der Waals surface area contributed by atoms with E-state index in [9.17, 15) is 0 Å². The Labute approximate surface area is 97.1 Å². The van der Waals surface area contributed by atoms with Crippen LogP contribution in [0.25, 0.3) is 0 Å². The van der Waals surface area contributed by atoms with Gasteiger partial charge in [-0.15, -0.1) is 11.8 Å². The second-order valence-electron chi connectivity index (χ2n) is 5.27. The van der Waals surface area contributed by atoms with Crippen LogP contribution >= 0.6 is 11.8 Å². The van der Waals surface area contributed by atoms with Crippen LogP contribution in [-0.2, 0) is 9.47 Å². The van der Waals surface area contributed by atoms with E-state index < -0.39 is 5.79 Å². The lowest BCUT2D eigenvalue weighted by Crippen LogP contribution is -2.61. The van der Waals surface area contributed by atoms with Gasteiger partial charge in [-0.25, -0.2) is 0 Å².